The number of anilines is 1. The van der Waals surface area contributed by atoms with E-state index in [0.717, 1.165) is 17.5 Å². The molecule has 2 unspecified atom stereocenters. The number of aromatic nitrogens is 3. The van der Waals surface area contributed by atoms with Gasteiger partial charge in [0, 0.05) is 37.4 Å². The van der Waals surface area contributed by atoms with Crippen LogP contribution < -0.4 is 5.32 Å². The number of benzene rings is 1. The molecule has 8 nitrogen and oxygen atoms in total. The summed E-state index contributed by atoms with van der Waals surface area (Å²) in [5.41, 5.74) is 2.45. The van der Waals surface area contributed by atoms with Gasteiger partial charge in [-0.2, -0.15) is 9.40 Å². The van der Waals surface area contributed by atoms with E-state index in [1.54, 1.807) is 39.3 Å². The van der Waals surface area contributed by atoms with Crippen molar-refractivity contribution < 1.29 is 13.2 Å². The summed E-state index contributed by atoms with van der Waals surface area (Å²) in [7, 11) is -1.74. The lowest BCUT2D eigenvalue weighted by molar-refractivity contribution is 0.102. The van der Waals surface area contributed by atoms with Gasteiger partial charge in [-0.25, -0.2) is 13.4 Å². The molecule has 1 saturated heterocycles. The number of nitrogens with one attached hydrogen (secondary N) is 1. The zero-order valence-electron chi connectivity index (χ0n) is 18.2. The van der Waals surface area contributed by atoms with Crippen LogP contribution in [0.2, 0.25) is 0 Å². The first-order valence-corrected chi connectivity index (χ1v) is 11.8. The maximum atomic E-state index is 13.0. The Labute approximate surface area is 182 Å². The molecule has 3 aromatic rings. The zero-order valence-corrected chi connectivity index (χ0v) is 19.0. The van der Waals surface area contributed by atoms with E-state index >= 15 is 0 Å². The monoisotopic (exact) mass is 441 g/mol. The maximum Gasteiger partial charge on any atom is 0.257 e. The van der Waals surface area contributed by atoms with Gasteiger partial charge >= 0.3 is 0 Å². The summed E-state index contributed by atoms with van der Waals surface area (Å²) < 4.78 is 29.3. The number of carbonyl (C=O) groups is 1. The topological polar surface area (TPSA) is 97.2 Å². The first-order valence-electron chi connectivity index (χ1n) is 10.4. The lowest BCUT2D eigenvalue weighted by Gasteiger charge is -2.34. The van der Waals surface area contributed by atoms with Crippen LogP contribution in [0.1, 0.15) is 36.3 Å². The number of amides is 1. The van der Waals surface area contributed by atoms with Crippen molar-refractivity contribution in [3.8, 4) is 0 Å². The number of nitrogens with zero attached hydrogens (tertiary/aromatic N) is 4. The maximum absolute atomic E-state index is 13.0. The summed E-state index contributed by atoms with van der Waals surface area (Å²) in [6.45, 7) is 7.10. The molecular formula is C22H27N5O3S. The van der Waals surface area contributed by atoms with Crippen molar-refractivity contribution >= 4 is 32.7 Å². The minimum absolute atomic E-state index is 0.237. The van der Waals surface area contributed by atoms with Crippen molar-refractivity contribution in [3.63, 3.8) is 0 Å². The van der Waals surface area contributed by atoms with Crippen LogP contribution in [-0.2, 0) is 17.1 Å². The van der Waals surface area contributed by atoms with Crippen LogP contribution >= 0.6 is 0 Å². The lowest BCUT2D eigenvalue weighted by Crippen LogP contribution is -2.42. The second-order valence-corrected chi connectivity index (χ2v) is 10.5. The van der Waals surface area contributed by atoms with Gasteiger partial charge in [0.25, 0.3) is 5.91 Å². The first-order chi connectivity index (χ1) is 14.6. The van der Waals surface area contributed by atoms with E-state index in [-0.39, 0.29) is 10.8 Å². The average molecular weight is 442 g/mol. The Morgan fingerprint density at radius 3 is 2.42 bits per heavy atom. The Morgan fingerprint density at radius 1 is 1.13 bits per heavy atom. The highest BCUT2D eigenvalue weighted by Gasteiger charge is 2.31. The van der Waals surface area contributed by atoms with E-state index in [1.807, 2.05) is 14.0 Å². The van der Waals surface area contributed by atoms with Crippen molar-refractivity contribution in [2.45, 2.75) is 32.1 Å². The number of rotatable bonds is 4. The number of hydrogen-bond donors (Lipinski definition) is 1. The molecule has 0 radical (unpaired) electrons. The molecule has 31 heavy (non-hydrogen) atoms. The van der Waals surface area contributed by atoms with Crippen molar-refractivity contribution in [2.24, 2.45) is 18.9 Å². The summed E-state index contributed by atoms with van der Waals surface area (Å²) in [6, 6.07) is 8.08. The number of hydrogen-bond acceptors (Lipinski definition) is 5. The van der Waals surface area contributed by atoms with E-state index < -0.39 is 10.0 Å². The van der Waals surface area contributed by atoms with Gasteiger partial charge < -0.3 is 5.32 Å². The molecule has 1 N–H and O–H groups in total. The number of aryl methyl sites for hydroxylation is 2. The fourth-order valence-electron chi connectivity index (χ4n) is 4.30. The quantitative estimate of drug-likeness (QED) is 0.671. The molecule has 0 aliphatic carbocycles. The highest BCUT2D eigenvalue weighted by molar-refractivity contribution is 7.89. The van der Waals surface area contributed by atoms with Gasteiger partial charge in [0.15, 0.2) is 5.65 Å². The number of piperidine rings is 1. The zero-order chi connectivity index (χ0) is 22.3. The molecule has 2 aromatic heterocycles. The van der Waals surface area contributed by atoms with Crippen LogP contribution in [0.3, 0.4) is 0 Å². The molecule has 9 heteroatoms. The van der Waals surface area contributed by atoms with E-state index in [4.69, 9.17) is 0 Å². The number of carbonyl (C=O) groups excluding carboxylic acids is 1. The minimum atomic E-state index is -3.55. The summed E-state index contributed by atoms with van der Waals surface area (Å²) in [5, 5.41) is 7.94. The Hall–Kier alpha value is -2.78. The Morgan fingerprint density at radius 2 is 1.77 bits per heavy atom. The SMILES string of the molecule is Cc1nn(C)c2ncc(C(=O)Nc3ccc(S(=O)(=O)N4CC(C)CC(C)C4)cc3)cc12. The second kappa shape index (κ2) is 8.05. The summed E-state index contributed by atoms with van der Waals surface area (Å²) in [4.78, 5) is 17.2. The molecule has 2 atom stereocenters. The molecule has 1 aliphatic rings. The Balaban J connectivity index is 1.51. The van der Waals surface area contributed by atoms with Crippen molar-refractivity contribution in [1.29, 1.82) is 0 Å². The Bertz CT molecular complexity index is 1220. The van der Waals surface area contributed by atoms with Crippen molar-refractivity contribution in [1.82, 2.24) is 19.1 Å². The fraction of sp³-hybridized carbons (Fsp3) is 0.409. The molecule has 164 valence electrons. The van der Waals surface area contributed by atoms with E-state index in [2.05, 4.69) is 29.2 Å². The highest BCUT2D eigenvalue weighted by atomic mass is 32.2. The largest absolute Gasteiger partial charge is 0.322 e. The van der Waals surface area contributed by atoms with Gasteiger partial charge in [0.1, 0.15) is 0 Å². The summed E-state index contributed by atoms with van der Waals surface area (Å²) in [6.07, 6.45) is 2.55. The van der Waals surface area contributed by atoms with Crippen LogP contribution in [0, 0.1) is 18.8 Å². The van der Waals surface area contributed by atoms with Gasteiger partial charge in [-0.05, 0) is 55.5 Å². The van der Waals surface area contributed by atoms with E-state index in [0.29, 0.717) is 41.8 Å². The highest BCUT2D eigenvalue weighted by Crippen LogP contribution is 2.27. The third kappa shape index (κ3) is 4.20. The third-order valence-electron chi connectivity index (χ3n) is 5.71. The normalized spacial score (nSPS) is 20.1. The predicted octanol–water partition coefficient (Wildman–Crippen LogP) is 3.20. The van der Waals surface area contributed by atoms with Crippen LogP contribution in [0.4, 0.5) is 5.69 Å². The standard InChI is InChI=1S/C22H27N5O3S/c1-14-9-15(2)13-27(12-14)31(29,30)19-7-5-18(6-8-19)24-22(28)17-10-20-16(3)25-26(4)21(20)23-11-17/h5-8,10-11,14-15H,9,12-13H2,1-4H3,(H,24,28). The molecule has 1 aliphatic heterocycles. The predicted molar refractivity (Wildman–Crippen MR) is 119 cm³/mol. The second-order valence-electron chi connectivity index (χ2n) is 8.55. The van der Waals surface area contributed by atoms with Crippen LogP contribution in [-0.4, -0.2) is 46.5 Å². The molecule has 0 spiro atoms. The number of sulfonamides is 1. The minimum Gasteiger partial charge on any atom is -0.322 e. The van der Waals surface area contributed by atoms with Gasteiger partial charge in [0.05, 0.1) is 16.2 Å². The Kier molecular flexibility index (Phi) is 5.57. The molecule has 1 aromatic carbocycles. The first kappa shape index (κ1) is 21.5. The van der Waals surface area contributed by atoms with E-state index in [1.165, 1.54) is 6.20 Å². The van der Waals surface area contributed by atoms with E-state index in [9.17, 15) is 13.2 Å². The van der Waals surface area contributed by atoms with Crippen molar-refractivity contribution in [3.05, 3.63) is 47.8 Å². The van der Waals surface area contributed by atoms with Gasteiger partial charge in [-0.15, -0.1) is 0 Å². The van der Waals surface area contributed by atoms with Gasteiger partial charge in [0.2, 0.25) is 10.0 Å². The average Bonchev–Trinajstić information content (AvgIpc) is 3.01. The number of pyridine rings is 1. The van der Waals surface area contributed by atoms with Gasteiger partial charge in [-0.3, -0.25) is 9.48 Å². The molecule has 3 heterocycles. The molecular weight excluding hydrogens is 414 g/mol. The smallest absolute Gasteiger partial charge is 0.257 e. The fourth-order valence-corrected chi connectivity index (χ4v) is 5.98. The van der Waals surface area contributed by atoms with Gasteiger partial charge in [-0.1, -0.05) is 13.8 Å². The molecule has 0 saturated carbocycles. The molecule has 1 fully saturated rings. The van der Waals surface area contributed by atoms with Crippen molar-refractivity contribution in [2.75, 3.05) is 18.4 Å². The third-order valence-corrected chi connectivity index (χ3v) is 7.56. The summed E-state index contributed by atoms with van der Waals surface area (Å²) in [5.74, 6) is 0.366. The number of fused-ring (bicyclic) bond motifs is 1. The van der Waals surface area contributed by atoms with Crippen LogP contribution in [0.5, 0.6) is 0 Å². The van der Waals surface area contributed by atoms with Crippen LogP contribution in [0.25, 0.3) is 11.0 Å². The molecule has 0 bridgehead atoms. The summed E-state index contributed by atoms with van der Waals surface area (Å²) >= 11 is 0. The lowest BCUT2D eigenvalue weighted by atomic mass is 9.94. The molecule has 1 amide bonds. The molecule has 4 rings (SSSR count). The van der Waals surface area contributed by atoms with Crippen LogP contribution in [0.15, 0.2) is 41.4 Å².